The van der Waals surface area contributed by atoms with Crippen LogP contribution in [0, 0.1) is 17.7 Å². The molecule has 1 aromatic carbocycles. The number of anilines is 1. The second-order valence-electron chi connectivity index (χ2n) is 10.0. The highest BCUT2D eigenvalue weighted by Crippen LogP contribution is 2.32. The van der Waals surface area contributed by atoms with Crippen molar-refractivity contribution in [3.63, 3.8) is 0 Å². The summed E-state index contributed by atoms with van der Waals surface area (Å²) >= 11 is 0. The van der Waals surface area contributed by atoms with E-state index in [1.165, 1.54) is 49.1 Å². The summed E-state index contributed by atoms with van der Waals surface area (Å²) in [4.78, 5) is 29.6. The average Bonchev–Trinajstić information content (AvgIpc) is 2.82. The number of hydrogen-bond acceptors (Lipinski definition) is 3. The third-order valence-corrected chi connectivity index (χ3v) is 7.27. The highest BCUT2D eigenvalue weighted by molar-refractivity contribution is 5.89. The van der Waals surface area contributed by atoms with Gasteiger partial charge in [0.15, 0.2) is 5.96 Å². The van der Waals surface area contributed by atoms with Crippen molar-refractivity contribution in [2.24, 2.45) is 22.6 Å². The first-order valence-corrected chi connectivity index (χ1v) is 12.8. The highest BCUT2D eigenvalue weighted by atomic mass is 19.1. The molecule has 7 nitrogen and oxygen atoms in total. The monoisotopic (exact) mass is 473 g/mol. The van der Waals surface area contributed by atoms with Gasteiger partial charge in [0.25, 0.3) is 0 Å². The standard InChI is InChI=1S/C26H40FN5O2/c1-32(18-33)25(28)29-24(14-13-19-7-3-2-4-8-19)16-20-9-5-11-22(15-20)30-26(34)31-23-12-6-10-21(27)17-23/h6,10,12,17-20,22,24H,2-5,7-9,11,13-16H2,1H3,(H2,28,29)(H2,30,31,34)/t20-,22+,24+/m0/s1. The summed E-state index contributed by atoms with van der Waals surface area (Å²) in [6.45, 7) is 0. The number of aliphatic imine (C=N–C) groups is 1. The number of amides is 3. The molecule has 0 heterocycles. The van der Waals surface area contributed by atoms with Crippen LogP contribution in [0.1, 0.15) is 77.0 Å². The van der Waals surface area contributed by atoms with E-state index in [9.17, 15) is 14.0 Å². The fourth-order valence-electron chi connectivity index (χ4n) is 5.41. The first kappa shape index (κ1) is 26.0. The molecule has 0 spiro atoms. The van der Waals surface area contributed by atoms with E-state index in [1.807, 2.05) is 0 Å². The normalized spacial score (nSPS) is 22.6. The minimum absolute atomic E-state index is 0.0743. The Morgan fingerprint density at radius 2 is 1.97 bits per heavy atom. The number of nitrogens with zero attached hydrogens (tertiary/aromatic N) is 2. The van der Waals surface area contributed by atoms with E-state index in [0.717, 1.165) is 50.9 Å². The quantitative estimate of drug-likeness (QED) is 0.266. The van der Waals surface area contributed by atoms with Crippen molar-refractivity contribution >= 4 is 24.1 Å². The van der Waals surface area contributed by atoms with Crippen LogP contribution in [0.5, 0.6) is 0 Å². The van der Waals surface area contributed by atoms with Crippen molar-refractivity contribution in [2.75, 3.05) is 12.4 Å². The van der Waals surface area contributed by atoms with Crippen LogP contribution in [0.25, 0.3) is 0 Å². The predicted octanol–water partition coefficient (Wildman–Crippen LogP) is 5.03. The largest absolute Gasteiger partial charge is 0.369 e. The van der Waals surface area contributed by atoms with E-state index >= 15 is 0 Å². The van der Waals surface area contributed by atoms with Crippen LogP contribution in [-0.2, 0) is 4.79 Å². The molecule has 1 aromatic rings. The van der Waals surface area contributed by atoms with E-state index in [4.69, 9.17) is 10.7 Å². The Morgan fingerprint density at radius 1 is 1.21 bits per heavy atom. The Bertz CT molecular complexity index is 827. The van der Waals surface area contributed by atoms with Gasteiger partial charge in [-0.15, -0.1) is 0 Å². The van der Waals surface area contributed by atoms with E-state index in [2.05, 4.69) is 10.6 Å². The molecular formula is C26H40FN5O2. The van der Waals surface area contributed by atoms with E-state index in [-0.39, 0.29) is 29.9 Å². The maximum atomic E-state index is 13.4. The number of carbonyl (C=O) groups is 2. The molecule has 2 aliphatic rings. The van der Waals surface area contributed by atoms with Crippen molar-refractivity contribution in [3.05, 3.63) is 30.1 Å². The maximum absolute atomic E-state index is 13.4. The Hall–Kier alpha value is -2.64. The van der Waals surface area contributed by atoms with Crippen molar-refractivity contribution in [3.8, 4) is 0 Å². The molecule has 0 unspecified atom stereocenters. The van der Waals surface area contributed by atoms with Crippen LogP contribution >= 0.6 is 0 Å². The van der Waals surface area contributed by atoms with Crippen LogP contribution in [0.4, 0.5) is 14.9 Å². The number of carbonyl (C=O) groups excluding carboxylic acids is 2. The molecule has 0 radical (unpaired) electrons. The van der Waals surface area contributed by atoms with Gasteiger partial charge in [-0.1, -0.05) is 51.0 Å². The Morgan fingerprint density at radius 3 is 2.71 bits per heavy atom. The lowest BCUT2D eigenvalue weighted by Gasteiger charge is -2.32. The number of halogens is 1. The molecule has 3 atom stereocenters. The van der Waals surface area contributed by atoms with E-state index < -0.39 is 0 Å². The van der Waals surface area contributed by atoms with Crippen molar-refractivity contribution in [2.45, 2.75) is 89.1 Å². The third-order valence-electron chi connectivity index (χ3n) is 7.27. The molecular weight excluding hydrogens is 433 g/mol. The first-order chi connectivity index (χ1) is 16.4. The molecule has 2 fully saturated rings. The van der Waals surface area contributed by atoms with Gasteiger partial charge >= 0.3 is 6.03 Å². The molecule has 0 saturated heterocycles. The molecule has 0 aromatic heterocycles. The smallest absolute Gasteiger partial charge is 0.319 e. The zero-order chi connectivity index (χ0) is 24.3. The summed E-state index contributed by atoms with van der Waals surface area (Å²) in [7, 11) is 1.63. The van der Waals surface area contributed by atoms with Gasteiger partial charge < -0.3 is 16.4 Å². The fourth-order valence-corrected chi connectivity index (χ4v) is 5.41. The number of nitrogens with one attached hydrogen (secondary N) is 2. The Kier molecular flexibility index (Phi) is 10.2. The number of nitrogens with two attached hydrogens (primary N) is 1. The summed E-state index contributed by atoms with van der Waals surface area (Å²) in [6.07, 6.45) is 14.3. The second-order valence-corrected chi connectivity index (χ2v) is 10.0. The van der Waals surface area contributed by atoms with Gasteiger partial charge in [0.05, 0.1) is 6.04 Å². The fraction of sp³-hybridized carbons (Fsp3) is 0.654. The molecule has 2 aliphatic carbocycles. The van der Waals surface area contributed by atoms with Gasteiger partial charge in [-0.2, -0.15) is 0 Å². The Labute approximate surface area is 202 Å². The average molecular weight is 474 g/mol. The number of hydrogen-bond donors (Lipinski definition) is 3. The van der Waals surface area contributed by atoms with Gasteiger partial charge in [0.1, 0.15) is 5.82 Å². The summed E-state index contributed by atoms with van der Waals surface area (Å²) in [6, 6.07) is 5.74. The number of guanidine groups is 1. The van der Waals surface area contributed by atoms with Crippen LogP contribution in [0.15, 0.2) is 29.3 Å². The van der Waals surface area contributed by atoms with Crippen LogP contribution in [-0.4, -0.2) is 42.4 Å². The molecule has 34 heavy (non-hydrogen) atoms. The van der Waals surface area contributed by atoms with Crippen LogP contribution < -0.4 is 16.4 Å². The minimum atomic E-state index is -0.380. The van der Waals surface area contributed by atoms with E-state index in [0.29, 0.717) is 18.0 Å². The minimum Gasteiger partial charge on any atom is -0.369 e. The van der Waals surface area contributed by atoms with Gasteiger partial charge in [0.2, 0.25) is 6.41 Å². The molecule has 188 valence electrons. The van der Waals surface area contributed by atoms with Crippen LogP contribution in [0.3, 0.4) is 0 Å². The summed E-state index contributed by atoms with van der Waals surface area (Å²) in [5.74, 6) is 1.09. The summed E-state index contributed by atoms with van der Waals surface area (Å²) < 4.78 is 13.4. The summed E-state index contributed by atoms with van der Waals surface area (Å²) in [5.41, 5.74) is 6.51. The molecule has 3 amide bonds. The van der Waals surface area contributed by atoms with Gasteiger partial charge in [-0.05, 0) is 62.1 Å². The molecule has 4 N–H and O–H groups in total. The zero-order valence-electron chi connectivity index (χ0n) is 20.3. The van der Waals surface area contributed by atoms with E-state index in [1.54, 1.807) is 19.2 Å². The molecule has 2 saturated carbocycles. The maximum Gasteiger partial charge on any atom is 0.319 e. The third kappa shape index (κ3) is 8.61. The molecule has 0 bridgehead atoms. The summed E-state index contributed by atoms with van der Waals surface area (Å²) in [5, 5.41) is 5.77. The van der Waals surface area contributed by atoms with Crippen LogP contribution in [0.2, 0.25) is 0 Å². The van der Waals surface area contributed by atoms with Gasteiger partial charge in [-0.25, -0.2) is 14.2 Å². The highest BCUT2D eigenvalue weighted by Gasteiger charge is 2.26. The van der Waals surface area contributed by atoms with Crippen molar-refractivity contribution in [1.29, 1.82) is 0 Å². The first-order valence-electron chi connectivity index (χ1n) is 12.8. The molecule has 8 heteroatoms. The second kappa shape index (κ2) is 13.3. The lowest BCUT2D eigenvalue weighted by atomic mass is 9.80. The molecule has 3 rings (SSSR count). The predicted molar refractivity (Wildman–Crippen MR) is 134 cm³/mol. The SMILES string of the molecule is CN(C=O)C(N)=N[C@H](CCC1CCCCC1)C[C@H]1CCC[C@@H](NC(=O)Nc2cccc(F)c2)C1. The van der Waals surface area contributed by atoms with Crippen molar-refractivity contribution < 1.29 is 14.0 Å². The van der Waals surface area contributed by atoms with Gasteiger partial charge in [0, 0.05) is 18.8 Å². The zero-order valence-corrected chi connectivity index (χ0v) is 20.3. The number of rotatable bonds is 9. The van der Waals surface area contributed by atoms with Gasteiger partial charge in [-0.3, -0.25) is 9.69 Å². The molecule has 0 aliphatic heterocycles. The van der Waals surface area contributed by atoms with Crippen molar-refractivity contribution in [1.82, 2.24) is 10.2 Å². The lowest BCUT2D eigenvalue weighted by molar-refractivity contribution is -0.114. The number of benzene rings is 1. The number of urea groups is 1. The topological polar surface area (TPSA) is 99.8 Å². The lowest BCUT2D eigenvalue weighted by Crippen LogP contribution is -2.41. The Balaban J connectivity index is 1.55.